The summed E-state index contributed by atoms with van der Waals surface area (Å²) in [4.78, 5) is 3.68. The number of aromatic nitrogens is 1. The molecule has 1 atom stereocenters. The van der Waals surface area contributed by atoms with Crippen molar-refractivity contribution in [3.05, 3.63) is 46.4 Å². The fourth-order valence-corrected chi connectivity index (χ4v) is 2.96. The maximum atomic E-state index is 3.54. The molecule has 0 saturated heterocycles. The molecule has 2 rings (SSSR count). The number of likely N-dealkylation sites (N-methyl/N-ethyl adjacent to an activating group) is 1. The Balaban J connectivity index is 1.87. The Morgan fingerprint density at radius 2 is 2.22 bits per heavy atom. The van der Waals surface area contributed by atoms with Crippen molar-refractivity contribution in [1.29, 1.82) is 0 Å². The number of nitrogens with one attached hydrogen (secondary N) is 1. The second-order valence-corrected chi connectivity index (χ2v) is 5.79. The van der Waals surface area contributed by atoms with E-state index in [0.717, 1.165) is 13.1 Å². The van der Waals surface area contributed by atoms with Crippen LogP contribution in [0.25, 0.3) is 0 Å². The topological polar surface area (TPSA) is 20.2 Å². The monoisotopic (exact) mass is 263 g/mol. The molecule has 0 spiro atoms. The van der Waals surface area contributed by atoms with Crippen molar-refractivity contribution in [2.45, 2.75) is 12.6 Å². The summed E-state index contributed by atoms with van der Waals surface area (Å²) in [6.07, 6.45) is 4.24. The molecule has 0 radical (unpaired) electrons. The van der Waals surface area contributed by atoms with Gasteiger partial charge in [0.1, 0.15) is 0 Å². The van der Waals surface area contributed by atoms with Crippen LogP contribution in [0, 0.1) is 0 Å². The average molecular weight is 263 g/mol. The van der Waals surface area contributed by atoms with Crippen LogP contribution in [0.2, 0.25) is 0 Å². The van der Waals surface area contributed by atoms with Gasteiger partial charge in [-0.15, -0.1) is 11.3 Å². The van der Waals surface area contributed by atoms with Gasteiger partial charge in [-0.2, -0.15) is 0 Å². The summed E-state index contributed by atoms with van der Waals surface area (Å²) in [5, 5.41) is 5.68. The largest absolute Gasteiger partial charge is 0.357 e. The maximum absolute atomic E-state index is 3.54. The molecule has 0 fully saturated rings. The molecule has 0 saturated carbocycles. The highest BCUT2D eigenvalue weighted by Gasteiger charge is 2.14. The quantitative estimate of drug-likeness (QED) is 0.864. The minimum absolute atomic E-state index is 0.453. The fraction of sp³-hybridized carbons (Fsp3) is 0.429. The Morgan fingerprint density at radius 3 is 2.78 bits per heavy atom. The predicted molar refractivity (Wildman–Crippen MR) is 77.9 cm³/mol. The fourth-order valence-electron chi connectivity index (χ4n) is 2.04. The van der Waals surface area contributed by atoms with Gasteiger partial charge in [0, 0.05) is 37.4 Å². The van der Waals surface area contributed by atoms with E-state index in [2.05, 4.69) is 71.9 Å². The highest BCUT2D eigenvalue weighted by molar-refractivity contribution is 7.10. The van der Waals surface area contributed by atoms with Gasteiger partial charge in [0.25, 0.3) is 0 Å². The zero-order valence-corrected chi connectivity index (χ0v) is 12.1. The van der Waals surface area contributed by atoms with Gasteiger partial charge in [-0.05, 0) is 37.2 Å². The summed E-state index contributed by atoms with van der Waals surface area (Å²) in [6.45, 7) is 1.90. The SMILES string of the molecule is CN(C)C(CNCc1ccn(C)c1)c1cccs1. The lowest BCUT2D eigenvalue weighted by atomic mass is 10.2. The third kappa shape index (κ3) is 3.45. The molecule has 2 aromatic rings. The Labute approximate surface area is 113 Å². The number of thiophene rings is 1. The second kappa shape index (κ2) is 6.18. The molecular weight excluding hydrogens is 242 g/mol. The smallest absolute Gasteiger partial charge is 0.0561 e. The van der Waals surface area contributed by atoms with E-state index in [0.29, 0.717) is 6.04 Å². The lowest BCUT2D eigenvalue weighted by Gasteiger charge is -2.23. The Hall–Kier alpha value is -1.10. The van der Waals surface area contributed by atoms with Gasteiger partial charge in [0.15, 0.2) is 0 Å². The lowest BCUT2D eigenvalue weighted by Crippen LogP contribution is -2.30. The summed E-state index contributed by atoms with van der Waals surface area (Å²) in [5.41, 5.74) is 1.33. The first kappa shape index (κ1) is 13.3. The molecule has 0 aliphatic rings. The van der Waals surface area contributed by atoms with Gasteiger partial charge < -0.3 is 14.8 Å². The zero-order valence-electron chi connectivity index (χ0n) is 11.3. The first-order valence-electron chi connectivity index (χ1n) is 6.18. The molecule has 0 amide bonds. The molecule has 1 unspecified atom stereocenters. The number of hydrogen-bond acceptors (Lipinski definition) is 3. The normalized spacial score (nSPS) is 13.1. The van der Waals surface area contributed by atoms with Crippen LogP contribution < -0.4 is 5.32 Å². The van der Waals surface area contributed by atoms with Crippen molar-refractivity contribution in [3.8, 4) is 0 Å². The van der Waals surface area contributed by atoms with E-state index < -0.39 is 0 Å². The summed E-state index contributed by atoms with van der Waals surface area (Å²) >= 11 is 1.82. The third-order valence-corrected chi connectivity index (χ3v) is 4.03. The molecule has 0 bridgehead atoms. The molecule has 2 heterocycles. The predicted octanol–water partition coefficient (Wildman–Crippen LogP) is 2.48. The Kier molecular flexibility index (Phi) is 4.58. The Bertz CT molecular complexity index is 459. The van der Waals surface area contributed by atoms with E-state index in [1.807, 2.05) is 11.3 Å². The van der Waals surface area contributed by atoms with Gasteiger partial charge in [0.2, 0.25) is 0 Å². The second-order valence-electron chi connectivity index (χ2n) is 4.81. The number of nitrogens with zero attached hydrogens (tertiary/aromatic N) is 2. The van der Waals surface area contributed by atoms with E-state index in [1.165, 1.54) is 10.4 Å². The van der Waals surface area contributed by atoms with Crippen LogP contribution in [0.3, 0.4) is 0 Å². The lowest BCUT2D eigenvalue weighted by molar-refractivity contribution is 0.292. The van der Waals surface area contributed by atoms with Crippen LogP contribution in [0.5, 0.6) is 0 Å². The van der Waals surface area contributed by atoms with E-state index >= 15 is 0 Å². The molecule has 3 nitrogen and oxygen atoms in total. The van der Waals surface area contributed by atoms with Crippen molar-refractivity contribution < 1.29 is 0 Å². The molecular formula is C14H21N3S. The van der Waals surface area contributed by atoms with Crippen LogP contribution in [0.15, 0.2) is 36.0 Å². The molecule has 0 aliphatic carbocycles. The van der Waals surface area contributed by atoms with Gasteiger partial charge in [-0.3, -0.25) is 0 Å². The van der Waals surface area contributed by atoms with Crippen molar-refractivity contribution in [3.63, 3.8) is 0 Å². The van der Waals surface area contributed by atoms with Gasteiger partial charge in [-0.1, -0.05) is 6.07 Å². The minimum Gasteiger partial charge on any atom is -0.357 e. The molecule has 1 N–H and O–H groups in total. The number of aryl methyl sites for hydroxylation is 1. The number of hydrogen-bond donors (Lipinski definition) is 1. The van der Waals surface area contributed by atoms with Crippen LogP contribution in [-0.4, -0.2) is 30.1 Å². The minimum atomic E-state index is 0.453. The molecule has 18 heavy (non-hydrogen) atoms. The molecule has 0 aromatic carbocycles. The maximum Gasteiger partial charge on any atom is 0.0561 e. The standard InChI is InChI=1S/C14H21N3S/c1-16(2)13(14-5-4-8-18-14)10-15-9-12-6-7-17(3)11-12/h4-8,11,13,15H,9-10H2,1-3H3. The van der Waals surface area contributed by atoms with Crippen LogP contribution in [0.1, 0.15) is 16.5 Å². The van der Waals surface area contributed by atoms with Crippen LogP contribution in [0.4, 0.5) is 0 Å². The first-order valence-corrected chi connectivity index (χ1v) is 7.06. The van der Waals surface area contributed by atoms with Gasteiger partial charge in [0.05, 0.1) is 6.04 Å². The average Bonchev–Trinajstić information content (AvgIpc) is 2.95. The number of rotatable bonds is 6. The molecule has 4 heteroatoms. The van der Waals surface area contributed by atoms with Crippen LogP contribution in [-0.2, 0) is 13.6 Å². The summed E-state index contributed by atoms with van der Waals surface area (Å²) in [6, 6.07) is 6.93. The summed E-state index contributed by atoms with van der Waals surface area (Å²) < 4.78 is 2.08. The highest BCUT2D eigenvalue weighted by atomic mass is 32.1. The van der Waals surface area contributed by atoms with E-state index in [1.54, 1.807) is 0 Å². The van der Waals surface area contributed by atoms with Crippen LogP contribution >= 0.6 is 11.3 Å². The van der Waals surface area contributed by atoms with Crippen molar-refractivity contribution >= 4 is 11.3 Å². The van der Waals surface area contributed by atoms with E-state index in [9.17, 15) is 0 Å². The van der Waals surface area contributed by atoms with Gasteiger partial charge >= 0.3 is 0 Å². The van der Waals surface area contributed by atoms with E-state index in [-0.39, 0.29) is 0 Å². The van der Waals surface area contributed by atoms with Crippen molar-refractivity contribution in [2.24, 2.45) is 7.05 Å². The summed E-state index contributed by atoms with van der Waals surface area (Å²) in [5.74, 6) is 0. The summed E-state index contributed by atoms with van der Waals surface area (Å²) in [7, 11) is 6.32. The molecule has 2 aromatic heterocycles. The van der Waals surface area contributed by atoms with Crippen molar-refractivity contribution in [2.75, 3.05) is 20.6 Å². The molecule has 0 aliphatic heterocycles. The first-order chi connectivity index (χ1) is 8.66. The molecule has 98 valence electrons. The van der Waals surface area contributed by atoms with Crippen molar-refractivity contribution in [1.82, 2.24) is 14.8 Å². The highest BCUT2D eigenvalue weighted by Crippen LogP contribution is 2.22. The Morgan fingerprint density at radius 1 is 1.39 bits per heavy atom. The van der Waals surface area contributed by atoms with E-state index in [4.69, 9.17) is 0 Å². The van der Waals surface area contributed by atoms with Gasteiger partial charge in [-0.25, -0.2) is 0 Å². The zero-order chi connectivity index (χ0) is 13.0. The third-order valence-electron chi connectivity index (χ3n) is 3.05.